The minimum atomic E-state index is -0.258. The van der Waals surface area contributed by atoms with Crippen molar-refractivity contribution in [3.05, 3.63) is 29.8 Å². The van der Waals surface area contributed by atoms with Crippen LogP contribution in [0.5, 0.6) is 0 Å². The van der Waals surface area contributed by atoms with Crippen LogP contribution in [0.4, 0.5) is 0 Å². The van der Waals surface area contributed by atoms with Gasteiger partial charge >= 0.3 is 5.97 Å². The molecule has 2 rings (SSSR count). The quantitative estimate of drug-likeness (QED) is 0.633. The van der Waals surface area contributed by atoms with Crippen LogP contribution < -0.4 is 0 Å². The van der Waals surface area contributed by atoms with Gasteiger partial charge in [-0.15, -0.1) is 10.2 Å². The first-order valence-electron chi connectivity index (χ1n) is 6.54. The third-order valence-electron chi connectivity index (χ3n) is 2.95. The van der Waals surface area contributed by atoms with Gasteiger partial charge in [-0.05, 0) is 11.0 Å². The second kappa shape index (κ2) is 6.58. The predicted octanol–water partition coefficient (Wildman–Crippen LogP) is 3.77. The van der Waals surface area contributed by atoms with Gasteiger partial charge in [-0.3, -0.25) is 4.79 Å². The van der Waals surface area contributed by atoms with Gasteiger partial charge in [0.1, 0.15) is 5.01 Å². The van der Waals surface area contributed by atoms with E-state index in [-0.39, 0.29) is 17.1 Å². The molecule has 1 heterocycles. The first-order valence-corrected chi connectivity index (χ1v) is 8.34. The Morgan fingerprint density at radius 3 is 2.48 bits per heavy atom. The average Bonchev–Trinajstić information content (AvgIpc) is 2.93. The number of carbonyl (C=O) groups excluding carboxylic acids is 1. The number of hydrogen-bond acceptors (Lipinski definition) is 6. The Hall–Kier alpha value is -1.40. The summed E-state index contributed by atoms with van der Waals surface area (Å²) in [5.74, 6) is -0.0000429. The molecule has 0 saturated carbocycles. The molecule has 0 N–H and O–H groups in total. The Balaban J connectivity index is 2.09. The molecule has 0 radical (unpaired) electrons. The molecule has 0 unspecified atom stereocenters. The molecule has 0 atom stereocenters. The highest BCUT2D eigenvalue weighted by atomic mass is 32.2. The number of rotatable bonds is 4. The number of benzene rings is 1. The van der Waals surface area contributed by atoms with Crippen LogP contribution in [0.1, 0.15) is 26.3 Å². The summed E-state index contributed by atoms with van der Waals surface area (Å²) < 4.78 is 5.38. The fourth-order valence-corrected chi connectivity index (χ4v) is 3.37. The molecule has 0 aliphatic carbocycles. The van der Waals surface area contributed by atoms with Crippen molar-refractivity contribution < 1.29 is 9.53 Å². The van der Waals surface area contributed by atoms with Gasteiger partial charge in [0.15, 0.2) is 4.34 Å². The summed E-state index contributed by atoms with van der Waals surface area (Å²) in [5, 5.41) is 9.14. The Bertz CT molecular complexity index is 615. The van der Waals surface area contributed by atoms with Crippen molar-refractivity contribution in [1.29, 1.82) is 0 Å². The number of methoxy groups -OCH3 is 1. The van der Waals surface area contributed by atoms with Gasteiger partial charge in [0.05, 0.1) is 12.9 Å². The summed E-state index contributed by atoms with van der Waals surface area (Å²) in [6.07, 6.45) is 0. The van der Waals surface area contributed by atoms with Crippen molar-refractivity contribution in [3.63, 3.8) is 0 Å². The molecule has 0 aliphatic heterocycles. The molecule has 0 bridgehead atoms. The number of hydrogen-bond donors (Lipinski definition) is 0. The van der Waals surface area contributed by atoms with E-state index in [9.17, 15) is 4.79 Å². The Labute approximate surface area is 132 Å². The van der Waals surface area contributed by atoms with E-state index in [0.29, 0.717) is 0 Å². The van der Waals surface area contributed by atoms with Crippen LogP contribution >= 0.6 is 23.1 Å². The summed E-state index contributed by atoms with van der Waals surface area (Å²) in [6, 6.07) is 8.38. The van der Waals surface area contributed by atoms with Gasteiger partial charge in [-0.25, -0.2) is 0 Å². The number of ether oxygens (including phenoxy) is 1. The van der Waals surface area contributed by atoms with Gasteiger partial charge in [0.2, 0.25) is 0 Å². The lowest BCUT2D eigenvalue weighted by Crippen LogP contribution is -2.10. The second-order valence-corrected chi connectivity index (χ2v) is 7.77. The van der Waals surface area contributed by atoms with E-state index in [2.05, 4.69) is 60.0 Å². The number of aromatic nitrogens is 2. The minimum Gasteiger partial charge on any atom is -0.468 e. The van der Waals surface area contributed by atoms with Crippen LogP contribution in [0, 0.1) is 0 Å². The zero-order valence-corrected chi connectivity index (χ0v) is 14.2. The maximum absolute atomic E-state index is 11.1. The second-order valence-electron chi connectivity index (χ2n) is 5.57. The molecule has 2 aromatic rings. The highest BCUT2D eigenvalue weighted by Gasteiger charge is 2.14. The van der Waals surface area contributed by atoms with Gasteiger partial charge in [0, 0.05) is 5.56 Å². The van der Waals surface area contributed by atoms with E-state index in [0.717, 1.165) is 14.9 Å². The molecule has 1 aromatic heterocycles. The highest BCUT2D eigenvalue weighted by Crippen LogP contribution is 2.31. The molecule has 0 fully saturated rings. The van der Waals surface area contributed by atoms with E-state index in [1.54, 1.807) is 0 Å². The topological polar surface area (TPSA) is 52.1 Å². The molecule has 0 spiro atoms. The largest absolute Gasteiger partial charge is 0.468 e. The first kappa shape index (κ1) is 16.0. The number of nitrogens with zero attached hydrogens (tertiary/aromatic N) is 2. The molecule has 112 valence electrons. The first-order chi connectivity index (χ1) is 9.90. The fourth-order valence-electron chi connectivity index (χ4n) is 1.68. The Kier molecular flexibility index (Phi) is 5.00. The van der Waals surface area contributed by atoms with E-state index < -0.39 is 0 Å². The molecular weight excluding hydrogens is 304 g/mol. The monoisotopic (exact) mass is 322 g/mol. The molecule has 0 aliphatic rings. The SMILES string of the molecule is COC(=O)CSc1nnc(-c2ccc(C(C)(C)C)cc2)s1. The van der Waals surface area contributed by atoms with Crippen LogP contribution in [0.25, 0.3) is 10.6 Å². The molecule has 6 heteroatoms. The zero-order chi connectivity index (χ0) is 15.5. The van der Waals surface area contributed by atoms with Crippen LogP contribution in [-0.2, 0) is 14.9 Å². The summed E-state index contributed by atoms with van der Waals surface area (Å²) in [5.41, 5.74) is 2.47. The van der Waals surface area contributed by atoms with E-state index >= 15 is 0 Å². The zero-order valence-electron chi connectivity index (χ0n) is 12.5. The Morgan fingerprint density at radius 1 is 1.24 bits per heavy atom. The summed E-state index contributed by atoms with van der Waals surface area (Å²) in [4.78, 5) is 11.1. The molecule has 1 aromatic carbocycles. The summed E-state index contributed by atoms with van der Waals surface area (Å²) in [6.45, 7) is 6.57. The number of thioether (sulfide) groups is 1. The van der Waals surface area contributed by atoms with Crippen LogP contribution in [0.3, 0.4) is 0 Å². The normalized spacial score (nSPS) is 11.4. The van der Waals surface area contributed by atoms with Crippen molar-refractivity contribution in [2.45, 2.75) is 30.5 Å². The number of carbonyl (C=O) groups is 1. The van der Waals surface area contributed by atoms with Crippen molar-refractivity contribution in [2.24, 2.45) is 0 Å². The van der Waals surface area contributed by atoms with Crippen LogP contribution in [0.15, 0.2) is 28.6 Å². The van der Waals surface area contributed by atoms with Gasteiger partial charge < -0.3 is 4.74 Å². The molecule has 4 nitrogen and oxygen atoms in total. The van der Waals surface area contributed by atoms with Gasteiger partial charge in [-0.1, -0.05) is 68.1 Å². The van der Waals surface area contributed by atoms with Gasteiger partial charge in [-0.2, -0.15) is 0 Å². The van der Waals surface area contributed by atoms with Crippen LogP contribution in [0.2, 0.25) is 0 Å². The summed E-state index contributed by atoms with van der Waals surface area (Å²) >= 11 is 2.83. The summed E-state index contributed by atoms with van der Waals surface area (Å²) in [7, 11) is 1.38. The molecular formula is C15H18N2O2S2. The van der Waals surface area contributed by atoms with Crippen molar-refractivity contribution in [1.82, 2.24) is 10.2 Å². The van der Waals surface area contributed by atoms with E-state index in [4.69, 9.17) is 0 Å². The maximum Gasteiger partial charge on any atom is 0.316 e. The maximum atomic E-state index is 11.1. The van der Waals surface area contributed by atoms with Crippen molar-refractivity contribution in [2.75, 3.05) is 12.9 Å². The fraction of sp³-hybridized carbons (Fsp3) is 0.400. The molecule has 21 heavy (non-hydrogen) atoms. The lowest BCUT2D eigenvalue weighted by atomic mass is 9.87. The highest BCUT2D eigenvalue weighted by molar-refractivity contribution is 8.01. The third-order valence-corrected chi connectivity index (χ3v) is 5.02. The molecule has 0 saturated heterocycles. The lowest BCUT2D eigenvalue weighted by Gasteiger charge is -2.18. The average molecular weight is 322 g/mol. The lowest BCUT2D eigenvalue weighted by molar-refractivity contribution is -0.137. The number of esters is 1. The van der Waals surface area contributed by atoms with Crippen LogP contribution in [-0.4, -0.2) is 29.0 Å². The van der Waals surface area contributed by atoms with Crippen molar-refractivity contribution in [3.8, 4) is 10.6 Å². The van der Waals surface area contributed by atoms with Gasteiger partial charge in [0.25, 0.3) is 0 Å². The Morgan fingerprint density at radius 2 is 1.90 bits per heavy atom. The van der Waals surface area contributed by atoms with E-state index in [1.165, 1.54) is 35.8 Å². The van der Waals surface area contributed by atoms with E-state index in [1.807, 2.05) is 0 Å². The third kappa shape index (κ3) is 4.28. The van der Waals surface area contributed by atoms with Crippen molar-refractivity contribution >= 4 is 29.1 Å². The standard InChI is InChI=1S/C15H18N2O2S2/c1-15(2,3)11-7-5-10(6-8-11)13-16-17-14(21-13)20-9-12(18)19-4/h5-8H,9H2,1-4H3. The smallest absolute Gasteiger partial charge is 0.316 e. The predicted molar refractivity (Wildman–Crippen MR) is 86.8 cm³/mol. The molecule has 0 amide bonds. The minimum absolute atomic E-state index is 0.140.